The van der Waals surface area contributed by atoms with Gasteiger partial charge in [-0.25, -0.2) is 0 Å². The van der Waals surface area contributed by atoms with Crippen LogP contribution in [0, 0.1) is 6.92 Å². The van der Waals surface area contributed by atoms with E-state index in [9.17, 15) is 0 Å². The molecule has 1 aromatic carbocycles. The third-order valence-corrected chi connectivity index (χ3v) is 1.88. The summed E-state index contributed by atoms with van der Waals surface area (Å²) in [5.74, 6) is 6.26. The maximum atomic E-state index is 5.49. The van der Waals surface area contributed by atoms with E-state index in [0.29, 0.717) is 18.9 Å². The van der Waals surface area contributed by atoms with E-state index >= 15 is 0 Å². The van der Waals surface area contributed by atoms with Gasteiger partial charge < -0.3 is 16.3 Å². The van der Waals surface area contributed by atoms with Crippen LogP contribution >= 0.6 is 0 Å². The van der Waals surface area contributed by atoms with Crippen LogP contribution in [0.2, 0.25) is 0 Å². The Morgan fingerprint density at radius 1 is 1.43 bits per heavy atom. The van der Waals surface area contributed by atoms with Crippen molar-refractivity contribution >= 4 is 5.84 Å². The highest BCUT2D eigenvalue weighted by Gasteiger charge is 1.98. The molecular weight excluding hydrogens is 178 g/mol. The third-order valence-electron chi connectivity index (χ3n) is 1.88. The highest BCUT2D eigenvalue weighted by molar-refractivity contribution is 5.79. The minimum absolute atomic E-state index is 0.401. The quantitative estimate of drug-likeness (QED) is 0.324. The predicted molar refractivity (Wildman–Crippen MR) is 57.1 cm³/mol. The van der Waals surface area contributed by atoms with Crippen molar-refractivity contribution < 1.29 is 4.74 Å². The fourth-order valence-corrected chi connectivity index (χ4v) is 1.05. The molecule has 14 heavy (non-hydrogen) atoms. The number of aryl methyl sites for hydroxylation is 1. The lowest BCUT2D eigenvalue weighted by Crippen LogP contribution is -2.17. The van der Waals surface area contributed by atoms with Gasteiger partial charge in [0.2, 0.25) is 0 Å². The molecule has 0 aliphatic heterocycles. The van der Waals surface area contributed by atoms with E-state index in [0.717, 1.165) is 11.3 Å². The molecule has 0 fully saturated rings. The summed E-state index contributed by atoms with van der Waals surface area (Å²) in [6, 6.07) is 7.82. The first-order chi connectivity index (χ1) is 6.74. The molecule has 0 spiro atoms. The molecule has 0 aromatic heterocycles. The van der Waals surface area contributed by atoms with Crippen molar-refractivity contribution in [3.8, 4) is 5.75 Å². The number of para-hydroxylation sites is 1. The zero-order chi connectivity index (χ0) is 10.4. The Bertz CT molecular complexity index is 323. The van der Waals surface area contributed by atoms with Crippen LogP contribution in [0.15, 0.2) is 29.4 Å². The smallest absolute Gasteiger partial charge is 0.122 e. The van der Waals surface area contributed by atoms with Crippen LogP contribution < -0.4 is 16.3 Å². The number of nitrogens with two attached hydrogens (primary N) is 2. The van der Waals surface area contributed by atoms with Crippen molar-refractivity contribution in [3.63, 3.8) is 0 Å². The van der Waals surface area contributed by atoms with Gasteiger partial charge in [0.1, 0.15) is 11.6 Å². The number of ether oxygens (including phenoxy) is 1. The molecule has 0 saturated carbocycles. The van der Waals surface area contributed by atoms with E-state index < -0.39 is 0 Å². The van der Waals surface area contributed by atoms with Gasteiger partial charge in [-0.1, -0.05) is 18.2 Å². The molecule has 1 aromatic rings. The second-order valence-corrected chi connectivity index (χ2v) is 2.98. The van der Waals surface area contributed by atoms with Crippen molar-refractivity contribution in [3.05, 3.63) is 29.8 Å². The second-order valence-electron chi connectivity index (χ2n) is 2.98. The minimum Gasteiger partial charge on any atom is -0.493 e. The van der Waals surface area contributed by atoms with Crippen LogP contribution in [-0.4, -0.2) is 12.4 Å². The SMILES string of the molecule is Cc1ccccc1OCC/C(N)=N/N. The topological polar surface area (TPSA) is 73.6 Å². The van der Waals surface area contributed by atoms with Crippen LogP contribution in [0.4, 0.5) is 0 Å². The van der Waals surface area contributed by atoms with Gasteiger partial charge in [-0.05, 0) is 18.6 Å². The summed E-state index contributed by atoms with van der Waals surface area (Å²) >= 11 is 0. The Kier molecular flexibility index (Phi) is 3.79. The Hall–Kier alpha value is -1.71. The molecule has 0 radical (unpaired) electrons. The van der Waals surface area contributed by atoms with Crippen molar-refractivity contribution in [1.29, 1.82) is 0 Å². The van der Waals surface area contributed by atoms with Crippen molar-refractivity contribution in [2.45, 2.75) is 13.3 Å². The lowest BCUT2D eigenvalue weighted by Gasteiger charge is -2.07. The number of benzene rings is 1. The highest BCUT2D eigenvalue weighted by Crippen LogP contribution is 2.15. The summed E-state index contributed by atoms with van der Waals surface area (Å²) in [5.41, 5.74) is 6.53. The van der Waals surface area contributed by atoms with Gasteiger partial charge in [0.05, 0.1) is 6.61 Å². The summed E-state index contributed by atoms with van der Waals surface area (Å²) in [7, 11) is 0. The molecular formula is C10H15N3O. The zero-order valence-electron chi connectivity index (χ0n) is 8.23. The van der Waals surface area contributed by atoms with Crippen LogP contribution in [-0.2, 0) is 0 Å². The van der Waals surface area contributed by atoms with Crippen molar-refractivity contribution in [2.75, 3.05) is 6.61 Å². The van der Waals surface area contributed by atoms with Crippen LogP contribution in [0.3, 0.4) is 0 Å². The van der Waals surface area contributed by atoms with E-state index in [1.807, 2.05) is 31.2 Å². The maximum Gasteiger partial charge on any atom is 0.122 e. The summed E-state index contributed by atoms with van der Waals surface area (Å²) in [5, 5.41) is 3.36. The zero-order valence-corrected chi connectivity index (χ0v) is 8.23. The monoisotopic (exact) mass is 193 g/mol. The van der Waals surface area contributed by atoms with Gasteiger partial charge in [0.25, 0.3) is 0 Å². The van der Waals surface area contributed by atoms with Crippen molar-refractivity contribution in [2.24, 2.45) is 16.7 Å². The summed E-state index contributed by atoms with van der Waals surface area (Å²) < 4.78 is 5.49. The van der Waals surface area contributed by atoms with Crippen molar-refractivity contribution in [1.82, 2.24) is 0 Å². The summed E-state index contributed by atoms with van der Waals surface area (Å²) in [6.07, 6.45) is 0.546. The third kappa shape index (κ3) is 2.97. The first kappa shape index (κ1) is 10.4. The molecule has 1 rings (SSSR count). The Balaban J connectivity index is 2.43. The Morgan fingerprint density at radius 2 is 2.14 bits per heavy atom. The number of hydrogen-bond donors (Lipinski definition) is 2. The molecule has 0 bridgehead atoms. The van der Waals surface area contributed by atoms with Gasteiger partial charge in [0.15, 0.2) is 0 Å². The molecule has 0 aliphatic carbocycles. The Morgan fingerprint density at radius 3 is 2.79 bits per heavy atom. The van der Waals surface area contributed by atoms with Gasteiger partial charge in [-0.3, -0.25) is 0 Å². The molecule has 0 atom stereocenters. The first-order valence-corrected chi connectivity index (χ1v) is 4.44. The average Bonchev–Trinajstić information content (AvgIpc) is 2.20. The molecule has 0 amide bonds. The molecule has 0 saturated heterocycles. The van der Waals surface area contributed by atoms with Crippen LogP contribution in [0.5, 0.6) is 5.75 Å². The lowest BCUT2D eigenvalue weighted by atomic mass is 10.2. The largest absolute Gasteiger partial charge is 0.493 e. The molecule has 4 N–H and O–H groups in total. The molecule has 76 valence electrons. The maximum absolute atomic E-state index is 5.49. The number of nitrogens with zero attached hydrogens (tertiary/aromatic N) is 1. The van der Waals surface area contributed by atoms with E-state index in [1.165, 1.54) is 0 Å². The summed E-state index contributed by atoms with van der Waals surface area (Å²) in [6.45, 7) is 2.49. The molecule has 4 nitrogen and oxygen atoms in total. The standard InChI is InChI=1S/C10H15N3O/c1-8-4-2-3-5-9(8)14-7-6-10(11)13-12/h2-5H,6-7,12H2,1H3,(H2,11,13). The highest BCUT2D eigenvalue weighted by atomic mass is 16.5. The normalized spacial score (nSPS) is 11.4. The number of hydrogen-bond acceptors (Lipinski definition) is 3. The fourth-order valence-electron chi connectivity index (χ4n) is 1.05. The number of hydrazone groups is 1. The average molecular weight is 193 g/mol. The van der Waals surface area contributed by atoms with Gasteiger partial charge in [-0.15, -0.1) is 0 Å². The van der Waals surface area contributed by atoms with E-state index in [2.05, 4.69) is 5.10 Å². The predicted octanol–water partition coefficient (Wildman–Crippen LogP) is 0.995. The molecule has 0 aliphatic rings. The summed E-state index contributed by atoms with van der Waals surface area (Å²) in [4.78, 5) is 0. The lowest BCUT2D eigenvalue weighted by molar-refractivity contribution is 0.326. The van der Waals surface area contributed by atoms with Gasteiger partial charge in [-0.2, -0.15) is 5.10 Å². The van der Waals surface area contributed by atoms with Gasteiger partial charge >= 0.3 is 0 Å². The van der Waals surface area contributed by atoms with E-state index in [4.69, 9.17) is 16.3 Å². The van der Waals surface area contributed by atoms with Crippen LogP contribution in [0.1, 0.15) is 12.0 Å². The number of amidine groups is 1. The van der Waals surface area contributed by atoms with Gasteiger partial charge in [0, 0.05) is 6.42 Å². The van der Waals surface area contributed by atoms with Crippen LogP contribution in [0.25, 0.3) is 0 Å². The first-order valence-electron chi connectivity index (χ1n) is 4.44. The fraction of sp³-hybridized carbons (Fsp3) is 0.300. The second kappa shape index (κ2) is 5.11. The van der Waals surface area contributed by atoms with E-state index in [-0.39, 0.29) is 0 Å². The molecule has 0 heterocycles. The Labute approximate surface area is 83.5 Å². The minimum atomic E-state index is 0.401. The number of rotatable bonds is 4. The molecule has 4 heteroatoms. The molecule has 0 unspecified atom stereocenters. The van der Waals surface area contributed by atoms with E-state index in [1.54, 1.807) is 0 Å².